The third kappa shape index (κ3) is 3.30. The molecule has 0 saturated heterocycles. The van der Waals surface area contributed by atoms with Crippen LogP contribution in [0.4, 0.5) is 5.69 Å². The summed E-state index contributed by atoms with van der Waals surface area (Å²) in [6.45, 7) is 2.00. The molecule has 0 aliphatic rings. The molecule has 1 heterocycles. The molecule has 112 valence electrons. The van der Waals surface area contributed by atoms with Crippen molar-refractivity contribution in [2.45, 2.75) is 11.1 Å². The molecule has 0 radical (unpaired) electrons. The van der Waals surface area contributed by atoms with E-state index in [0.717, 1.165) is 20.9 Å². The van der Waals surface area contributed by atoms with E-state index in [1.807, 2.05) is 31.2 Å². The Balaban J connectivity index is 2.17. The predicted octanol–water partition coefficient (Wildman–Crippen LogP) is 6.39. The molecule has 0 aliphatic carbocycles. The number of aryl methyl sites for hydroxylation is 1. The molecule has 0 saturated carbocycles. The van der Waals surface area contributed by atoms with Gasteiger partial charge in [-0.05, 0) is 36.4 Å². The van der Waals surface area contributed by atoms with Gasteiger partial charge >= 0.3 is 0 Å². The van der Waals surface area contributed by atoms with Gasteiger partial charge < -0.3 is 0 Å². The van der Waals surface area contributed by atoms with Gasteiger partial charge in [0.15, 0.2) is 0 Å². The number of benzene rings is 2. The summed E-state index contributed by atoms with van der Waals surface area (Å²) in [5.74, 6) is 0. The van der Waals surface area contributed by atoms with E-state index in [-0.39, 0.29) is 0 Å². The van der Waals surface area contributed by atoms with Crippen LogP contribution in [-0.4, -0.2) is 6.26 Å². The third-order valence-electron chi connectivity index (χ3n) is 3.25. The van der Waals surface area contributed by atoms with Crippen molar-refractivity contribution in [2.24, 2.45) is 4.99 Å². The van der Waals surface area contributed by atoms with Crippen LogP contribution < -0.4 is 4.67 Å². The standard InChI is InChI=1S/C17H14ClNS3/c1-11-8-9-13(10-14(11)18)19-16-15(17(20-2)22-21-16)12-6-4-3-5-7-12/h3-10H,1-2H3. The molecular weight excluding hydrogens is 350 g/mol. The molecule has 0 unspecified atom stereocenters. The van der Waals surface area contributed by atoms with Gasteiger partial charge in [0, 0.05) is 10.6 Å². The quantitative estimate of drug-likeness (QED) is 0.387. The van der Waals surface area contributed by atoms with E-state index in [1.165, 1.54) is 15.3 Å². The van der Waals surface area contributed by atoms with Gasteiger partial charge in [-0.2, -0.15) is 0 Å². The highest BCUT2D eigenvalue weighted by molar-refractivity contribution is 8.02. The summed E-state index contributed by atoms with van der Waals surface area (Å²) in [5, 5.41) is 0.757. The van der Waals surface area contributed by atoms with Crippen molar-refractivity contribution in [1.82, 2.24) is 0 Å². The maximum absolute atomic E-state index is 6.21. The van der Waals surface area contributed by atoms with Crippen LogP contribution in [0.2, 0.25) is 5.02 Å². The molecule has 0 atom stereocenters. The predicted molar refractivity (Wildman–Crippen MR) is 101 cm³/mol. The summed E-state index contributed by atoms with van der Waals surface area (Å²) >= 11 is 7.98. The van der Waals surface area contributed by atoms with Gasteiger partial charge in [-0.15, -0.1) is 11.8 Å². The minimum absolute atomic E-state index is 0.757. The van der Waals surface area contributed by atoms with Crippen molar-refractivity contribution in [3.63, 3.8) is 0 Å². The normalized spacial score (nSPS) is 11.9. The third-order valence-corrected chi connectivity index (χ3v) is 7.41. The topological polar surface area (TPSA) is 12.4 Å². The van der Waals surface area contributed by atoms with E-state index in [1.54, 1.807) is 32.4 Å². The van der Waals surface area contributed by atoms with Crippen LogP contribution in [0, 0.1) is 6.92 Å². The fourth-order valence-electron chi connectivity index (χ4n) is 2.07. The number of hydrogen-bond acceptors (Lipinski definition) is 4. The molecule has 22 heavy (non-hydrogen) atoms. The minimum Gasteiger partial charge on any atom is -0.237 e. The molecule has 1 nitrogen and oxygen atoms in total. The van der Waals surface area contributed by atoms with Crippen molar-refractivity contribution in [3.8, 4) is 11.1 Å². The number of halogens is 1. The Bertz CT molecular complexity index is 850. The van der Waals surface area contributed by atoms with Gasteiger partial charge in [0.05, 0.1) is 9.90 Å². The Hall–Kier alpha value is -1.07. The highest BCUT2D eigenvalue weighted by Gasteiger charge is 2.11. The minimum atomic E-state index is 0.757. The molecule has 5 heteroatoms. The second kappa shape index (κ2) is 7.01. The monoisotopic (exact) mass is 363 g/mol. The smallest absolute Gasteiger partial charge is 0.136 e. The second-order valence-electron chi connectivity index (χ2n) is 4.75. The maximum atomic E-state index is 6.21. The number of nitrogens with zero attached hydrogens (tertiary/aromatic N) is 1. The van der Waals surface area contributed by atoms with Crippen molar-refractivity contribution in [3.05, 3.63) is 63.8 Å². The number of hydrogen-bond donors (Lipinski definition) is 0. The first kappa shape index (κ1) is 15.8. The van der Waals surface area contributed by atoms with Crippen molar-refractivity contribution in [2.75, 3.05) is 6.26 Å². The first-order chi connectivity index (χ1) is 10.7. The van der Waals surface area contributed by atoms with Gasteiger partial charge in [-0.1, -0.05) is 68.7 Å². The van der Waals surface area contributed by atoms with E-state index in [4.69, 9.17) is 16.6 Å². The lowest BCUT2D eigenvalue weighted by Crippen LogP contribution is -1.97. The highest BCUT2D eigenvalue weighted by Crippen LogP contribution is 2.34. The Labute approximate surface area is 146 Å². The summed E-state index contributed by atoms with van der Waals surface area (Å²) in [5.41, 5.74) is 4.40. The molecule has 0 spiro atoms. The molecule has 0 amide bonds. The van der Waals surface area contributed by atoms with Crippen LogP contribution in [0.1, 0.15) is 5.56 Å². The SMILES string of the molecule is CSc1ssc(=Nc2ccc(C)c(Cl)c2)c1-c1ccccc1. The molecule has 0 fully saturated rings. The van der Waals surface area contributed by atoms with Crippen LogP contribution in [0.15, 0.2) is 57.7 Å². The van der Waals surface area contributed by atoms with Crippen LogP contribution in [0.25, 0.3) is 11.1 Å². The highest BCUT2D eigenvalue weighted by atomic mass is 35.5. The van der Waals surface area contributed by atoms with Gasteiger partial charge in [-0.25, -0.2) is 4.99 Å². The number of thioether (sulfide) groups is 1. The van der Waals surface area contributed by atoms with E-state index in [9.17, 15) is 0 Å². The summed E-state index contributed by atoms with van der Waals surface area (Å²) in [4.78, 5) is 4.82. The van der Waals surface area contributed by atoms with Gasteiger partial charge in [0.2, 0.25) is 0 Å². The van der Waals surface area contributed by atoms with Gasteiger partial charge in [-0.3, -0.25) is 0 Å². The second-order valence-corrected chi connectivity index (χ2v) is 8.36. The Morgan fingerprint density at radius 1 is 1.05 bits per heavy atom. The molecule has 3 rings (SSSR count). The van der Waals surface area contributed by atoms with Gasteiger partial charge in [0.25, 0.3) is 0 Å². The summed E-state index contributed by atoms with van der Waals surface area (Å²) < 4.78 is 2.34. The average molecular weight is 364 g/mol. The molecule has 3 aromatic rings. The van der Waals surface area contributed by atoms with Crippen LogP contribution in [-0.2, 0) is 0 Å². The van der Waals surface area contributed by atoms with E-state index in [2.05, 4.69) is 30.5 Å². The molecule has 1 aromatic heterocycles. The van der Waals surface area contributed by atoms with E-state index >= 15 is 0 Å². The fraction of sp³-hybridized carbons (Fsp3) is 0.118. The zero-order valence-electron chi connectivity index (χ0n) is 12.2. The number of rotatable bonds is 3. The van der Waals surface area contributed by atoms with Crippen LogP contribution in [0.3, 0.4) is 0 Å². The Morgan fingerprint density at radius 2 is 1.82 bits per heavy atom. The molecular formula is C17H14ClNS3. The Kier molecular flexibility index (Phi) is 5.03. The van der Waals surface area contributed by atoms with Crippen molar-refractivity contribution in [1.29, 1.82) is 0 Å². The lowest BCUT2D eigenvalue weighted by molar-refractivity contribution is 1.37. The van der Waals surface area contributed by atoms with Gasteiger partial charge in [0.1, 0.15) is 4.67 Å². The lowest BCUT2D eigenvalue weighted by Gasteiger charge is -2.01. The first-order valence-corrected chi connectivity index (χ1v) is 10.5. The fourth-order valence-corrected chi connectivity index (χ4v) is 5.96. The largest absolute Gasteiger partial charge is 0.237 e. The van der Waals surface area contributed by atoms with E-state index in [0.29, 0.717) is 0 Å². The summed E-state index contributed by atoms with van der Waals surface area (Å²) in [6, 6.07) is 16.4. The van der Waals surface area contributed by atoms with Crippen molar-refractivity contribution >= 4 is 49.7 Å². The molecule has 0 bridgehead atoms. The maximum Gasteiger partial charge on any atom is 0.136 e. The lowest BCUT2D eigenvalue weighted by atomic mass is 10.1. The average Bonchev–Trinajstić information content (AvgIpc) is 2.94. The molecule has 0 N–H and O–H groups in total. The van der Waals surface area contributed by atoms with Crippen LogP contribution in [0.5, 0.6) is 0 Å². The zero-order valence-corrected chi connectivity index (χ0v) is 15.4. The van der Waals surface area contributed by atoms with Crippen molar-refractivity contribution < 1.29 is 0 Å². The van der Waals surface area contributed by atoms with Crippen LogP contribution >= 0.6 is 44.0 Å². The molecule has 0 aliphatic heterocycles. The molecule has 2 aromatic carbocycles. The first-order valence-electron chi connectivity index (χ1n) is 6.72. The Morgan fingerprint density at radius 3 is 2.50 bits per heavy atom. The summed E-state index contributed by atoms with van der Waals surface area (Å²) in [7, 11) is 3.49. The summed E-state index contributed by atoms with van der Waals surface area (Å²) in [6.07, 6.45) is 2.11. The zero-order chi connectivity index (χ0) is 15.5. The van der Waals surface area contributed by atoms with E-state index < -0.39 is 0 Å².